The highest BCUT2D eigenvalue weighted by Crippen LogP contribution is 2.27. The molecule has 1 heterocycles. The Morgan fingerprint density at radius 2 is 2.06 bits per heavy atom. The molecule has 2 aromatic rings. The summed E-state index contributed by atoms with van der Waals surface area (Å²) >= 11 is 1.39. The van der Waals surface area contributed by atoms with E-state index in [4.69, 9.17) is 0 Å². The molecule has 0 aliphatic rings. The molecule has 0 fully saturated rings. The Bertz CT molecular complexity index is 438. The third-order valence-corrected chi connectivity index (χ3v) is 3.38. The van der Waals surface area contributed by atoms with Gasteiger partial charge in [0.25, 0.3) is 0 Å². The lowest BCUT2D eigenvalue weighted by atomic mass is 10.1. The molecule has 0 saturated heterocycles. The van der Waals surface area contributed by atoms with Crippen molar-refractivity contribution in [2.45, 2.75) is 25.9 Å². The summed E-state index contributed by atoms with van der Waals surface area (Å²) in [5.74, 6) is 0. The molecule has 0 radical (unpaired) electrons. The molecule has 0 aliphatic heterocycles. The molecule has 1 unspecified atom stereocenters. The quantitative estimate of drug-likeness (QED) is 0.874. The first-order valence-electron chi connectivity index (χ1n) is 5.51. The predicted octanol–water partition coefficient (Wildman–Crippen LogP) is 3.64. The Balaban J connectivity index is 2.20. The largest absolute Gasteiger partial charge is 0.388 e. The molecule has 0 saturated carbocycles. The van der Waals surface area contributed by atoms with Crippen molar-refractivity contribution >= 4 is 11.5 Å². The molecule has 16 heavy (non-hydrogen) atoms. The molecule has 0 amide bonds. The average Bonchev–Trinajstić information content (AvgIpc) is 2.80. The lowest BCUT2D eigenvalue weighted by Gasteiger charge is -2.03. The summed E-state index contributed by atoms with van der Waals surface area (Å²) in [6, 6.07) is 12.0. The summed E-state index contributed by atoms with van der Waals surface area (Å²) in [5.41, 5.74) is 2.06. The van der Waals surface area contributed by atoms with Gasteiger partial charge in [0, 0.05) is 5.56 Å². The molecule has 0 aliphatic carbocycles. The van der Waals surface area contributed by atoms with Crippen LogP contribution in [0.15, 0.2) is 36.4 Å². The van der Waals surface area contributed by atoms with Crippen LogP contribution in [0, 0.1) is 0 Å². The predicted molar refractivity (Wildman–Crippen MR) is 67.4 cm³/mol. The van der Waals surface area contributed by atoms with Crippen LogP contribution < -0.4 is 0 Å². The van der Waals surface area contributed by atoms with Crippen LogP contribution in [0.2, 0.25) is 0 Å². The van der Waals surface area contributed by atoms with Crippen molar-refractivity contribution in [3.05, 3.63) is 41.3 Å². The Labute approximate surface area is 99.7 Å². The SMILES string of the molecule is CCCC(O)c1cc(-c2ccccc2)ns1. The van der Waals surface area contributed by atoms with E-state index >= 15 is 0 Å². The van der Waals surface area contributed by atoms with Crippen molar-refractivity contribution in [2.24, 2.45) is 0 Å². The first-order valence-corrected chi connectivity index (χ1v) is 6.28. The van der Waals surface area contributed by atoms with Crippen LogP contribution in [0.25, 0.3) is 11.3 Å². The molecule has 1 aromatic carbocycles. The number of aliphatic hydroxyl groups is 1. The van der Waals surface area contributed by atoms with Crippen LogP contribution in [-0.2, 0) is 0 Å². The smallest absolute Gasteiger partial charge is 0.0898 e. The zero-order valence-electron chi connectivity index (χ0n) is 9.26. The van der Waals surface area contributed by atoms with Crippen LogP contribution in [-0.4, -0.2) is 9.48 Å². The molecular formula is C13H15NOS. The number of aromatic nitrogens is 1. The molecule has 2 rings (SSSR count). The van der Waals surface area contributed by atoms with E-state index in [-0.39, 0.29) is 6.10 Å². The van der Waals surface area contributed by atoms with Gasteiger partial charge >= 0.3 is 0 Å². The fraction of sp³-hybridized carbons (Fsp3) is 0.308. The Kier molecular flexibility index (Phi) is 3.70. The minimum Gasteiger partial charge on any atom is -0.388 e. The highest BCUT2D eigenvalue weighted by molar-refractivity contribution is 7.06. The molecule has 84 valence electrons. The summed E-state index contributed by atoms with van der Waals surface area (Å²) in [6.07, 6.45) is 1.43. The average molecular weight is 233 g/mol. The standard InChI is InChI=1S/C13H15NOS/c1-2-6-12(15)13-9-11(14-16-13)10-7-4-3-5-8-10/h3-5,7-9,12,15H,2,6H2,1H3. The maximum absolute atomic E-state index is 9.85. The van der Waals surface area contributed by atoms with Gasteiger partial charge in [-0.05, 0) is 24.0 Å². The maximum atomic E-state index is 9.85. The van der Waals surface area contributed by atoms with Crippen molar-refractivity contribution in [2.75, 3.05) is 0 Å². The number of benzene rings is 1. The van der Waals surface area contributed by atoms with Gasteiger partial charge in [-0.25, -0.2) is 0 Å². The summed E-state index contributed by atoms with van der Waals surface area (Å²) in [6.45, 7) is 2.07. The molecule has 1 N–H and O–H groups in total. The fourth-order valence-corrected chi connectivity index (χ4v) is 2.37. The van der Waals surface area contributed by atoms with E-state index in [1.54, 1.807) is 0 Å². The van der Waals surface area contributed by atoms with Gasteiger partial charge in [-0.2, -0.15) is 4.37 Å². The summed E-state index contributed by atoms with van der Waals surface area (Å²) in [7, 11) is 0. The Morgan fingerprint density at radius 1 is 1.31 bits per heavy atom. The van der Waals surface area contributed by atoms with Gasteiger partial charge in [0.05, 0.1) is 16.7 Å². The van der Waals surface area contributed by atoms with Crippen molar-refractivity contribution in [3.63, 3.8) is 0 Å². The number of hydrogen-bond acceptors (Lipinski definition) is 3. The second-order valence-corrected chi connectivity index (χ2v) is 4.62. The maximum Gasteiger partial charge on any atom is 0.0898 e. The topological polar surface area (TPSA) is 33.1 Å². The highest BCUT2D eigenvalue weighted by atomic mass is 32.1. The van der Waals surface area contributed by atoms with E-state index in [2.05, 4.69) is 11.3 Å². The molecule has 0 bridgehead atoms. The van der Waals surface area contributed by atoms with Gasteiger partial charge in [0.1, 0.15) is 0 Å². The Morgan fingerprint density at radius 3 is 2.75 bits per heavy atom. The third-order valence-electron chi connectivity index (χ3n) is 2.49. The molecule has 3 heteroatoms. The third kappa shape index (κ3) is 2.49. The molecule has 0 spiro atoms. The lowest BCUT2D eigenvalue weighted by molar-refractivity contribution is 0.170. The van der Waals surface area contributed by atoms with Crippen molar-refractivity contribution in [3.8, 4) is 11.3 Å². The van der Waals surface area contributed by atoms with Gasteiger partial charge in [-0.1, -0.05) is 43.7 Å². The summed E-state index contributed by atoms with van der Waals surface area (Å²) in [5, 5.41) is 9.85. The first kappa shape index (κ1) is 11.3. The van der Waals surface area contributed by atoms with Crippen LogP contribution in [0.3, 0.4) is 0 Å². The summed E-state index contributed by atoms with van der Waals surface area (Å²) < 4.78 is 4.37. The van der Waals surface area contributed by atoms with E-state index in [0.717, 1.165) is 29.0 Å². The van der Waals surface area contributed by atoms with Crippen LogP contribution in [0.5, 0.6) is 0 Å². The molecule has 1 atom stereocenters. The highest BCUT2D eigenvalue weighted by Gasteiger charge is 2.11. The summed E-state index contributed by atoms with van der Waals surface area (Å²) in [4.78, 5) is 0.959. The van der Waals surface area contributed by atoms with E-state index in [9.17, 15) is 5.11 Å². The monoisotopic (exact) mass is 233 g/mol. The van der Waals surface area contributed by atoms with E-state index < -0.39 is 0 Å². The Hall–Kier alpha value is -1.19. The number of aliphatic hydroxyl groups excluding tert-OH is 1. The fourth-order valence-electron chi connectivity index (χ4n) is 1.61. The number of hydrogen-bond donors (Lipinski definition) is 1. The van der Waals surface area contributed by atoms with Gasteiger partial charge in [0.2, 0.25) is 0 Å². The van der Waals surface area contributed by atoms with Crippen molar-refractivity contribution in [1.29, 1.82) is 0 Å². The molecule has 1 aromatic heterocycles. The van der Waals surface area contributed by atoms with Gasteiger partial charge in [0.15, 0.2) is 0 Å². The zero-order chi connectivity index (χ0) is 11.4. The van der Waals surface area contributed by atoms with E-state index in [0.29, 0.717) is 0 Å². The van der Waals surface area contributed by atoms with Gasteiger partial charge < -0.3 is 5.11 Å². The van der Waals surface area contributed by atoms with Gasteiger partial charge in [-0.3, -0.25) is 0 Å². The van der Waals surface area contributed by atoms with Crippen LogP contribution in [0.4, 0.5) is 0 Å². The minimum atomic E-state index is -0.361. The second kappa shape index (κ2) is 5.23. The molecule has 2 nitrogen and oxygen atoms in total. The van der Waals surface area contributed by atoms with Crippen LogP contribution in [0.1, 0.15) is 30.7 Å². The molecular weight excluding hydrogens is 218 g/mol. The lowest BCUT2D eigenvalue weighted by Crippen LogP contribution is -1.92. The van der Waals surface area contributed by atoms with Crippen molar-refractivity contribution < 1.29 is 5.11 Å². The van der Waals surface area contributed by atoms with E-state index in [1.807, 2.05) is 36.4 Å². The van der Waals surface area contributed by atoms with Gasteiger partial charge in [-0.15, -0.1) is 0 Å². The van der Waals surface area contributed by atoms with Crippen LogP contribution >= 0.6 is 11.5 Å². The first-order chi connectivity index (χ1) is 7.81. The second-order valence-electron chi connectivity index (χ2n) is 3.79. The zero-order valence-corrected chi connectivity index (χ0v) is 10.1. The number of nitrogens with zero attached hydrogens (tertiary/aromatic N) is 1. The normalized spacial score (nSPS) is 12.6. The number of rotatable bonds is 4. The van der Waals surface area contributed by atoms with E-state index in [1.165, 1.54) is 11.5 Å². The minimum absolute atomic E-state index is 0.361. The van der Waals surface area contributed by atoms with Crippen molar-refractivity contribution in [1.82, 2.24) is 4.37 Å².